The zero-order valence-electron chi connectivity index (χ0n) is 15.8. The third kappa shape index (κ3) is 6.30. The second kappa shape index (κ2) is 9.66. The molecule has 0 radical (unpaired) electrons. The summed E-state index contributed by atoms with van der Waals surface area (Å²) in [5.74, 6) is -0.254. The van der Waals surface area contributed by atoms with E-state index in [4.69, 9.17) is 4.74 Å². The number of rotatable bonds is 8. The SMILES string of the molecule is O=C(CCS(=O)(=O)C1CCCC1)NCC1CN(Cc2ccccc2)CCO1. The van der Waals surface area contributed by atoms with E-state index in [0.717, 1.165) is 45.3 Å². The van der Waals surface area contributed by atoms with Crippen LogP contribution in [-0.4, -0.2) is 62.6 Å². The third-order valence-electron chi connectivity index (χ3n) is 5.42. The maximum Gasteiger partial charge on any atom is 0.221 e. The highest BCUT2D eigenvalue weighted by atomic mass is 32.2. The van der Waals surface area contributed by atoms with Crippen molar-refractivity contribution in [2.45, 2.75) is 50.0 Å². The number of nitrogens with one attached hydrogen (secondary N) is 1. The first-order chi connectivity index (χ1) is 13.0. The Labute approximate surface area is 162 Å². The van der Waals surface area contributed by atoms with Gasteiger partial charge in [-0.25, -0.2) is 8.42 Å². The van der Waals surface area contributed by atoms with E-state index in [-0.39, 0.29) is 29.4 Å². The largest absolute Gasteiger partial charge is 0.374 e. The first kappa shape index (κ1) is 20.3. The van der Waals surface area contributed by atoms with Gasteiger partial charge in [0.25, 0.3) is 0 Å². The maximum absolute atomic E-state index is 12.2. The van der Waals surface area contributed by atoms with Gasteiger partial charge in [-0.15, -0.1) is 0 Å². The predicted molar refractivity (Wildman–Crippen MR) is 105 cm³/mol. The second-order valence-electron chi connectivity index (χ2n) is 7.54. The van der Waals surface area contributed by atoms with Gasteiger partial charge in [-0.2, -0.15) is 0 Å². The van der Waals surface area contributed by atoms with E-state index in [1.165, 1.54) is 5.56 Å². The standard InChI is InChI=1S/C20H30N2O4S/c23-20(10-13-27(24,25)19-8-4-5-9-19)21-14-18-16-22(11-12-26-18)15-17-6-2-1-3-7-17/h1-3,6-7,18-19H,4-5,8-16H2,(H,21,23). The molecule has 2 fully saturated rings. The van der Waals surface area contributed by atoms with Crippen molar-refractivity contribution in [3.05, 3.63) is 35.9 Å². The van der Waals surface area contributed by atoms with Crippen LogP contribution in [0.5, 0.6) is 0 Å². The van der Waals surface area contributed by atoms with Gasteiger partial charge in [-0.3, -0.25) is 9.69 Å². The Hall–Kier alpha value is -1.44. The number of carbonyl (C=O) groups excluding carboxylic acids is 1. The Bertz CT molecular complexity index is 702. The molecule has 3 rings (SSSR count). The Balaban J connectivity index is 1.38. The van der Waals surface area contributed by atoms with Crippen LogP contribution in [-0.2, 0) is 25.9 Å². The first-order valence-corrected chi connectivity index (χ1v) is 11.6. The van der Waals surface area contributed by atoms with E-state index in [1.54, 1.807) is 0 Å². The van der Waals surface area contributed by atoms with E-state index in [2.05, 4.69) is 22.3 Å². The number of morpholine rings is 1. The van der Waals surface area contributed by atoms with Crippen molar-refractivity contribution in [1.82, 2.24) is 10.2 Å². The van der Waals surface area contributed by atoms with Crippen LogP contribution in [0.4, 0.5) is 0 Å². The summed E-state index contributed by atoms with van der Waals surface area (Å²) in [4.78, 5) is 14.4. The molecule has 0 bridgehead atoms. The van der Waals surface area contributed by atoms with Crippen molar-refractivity contribution in [2.75, 3.05) is 32.0 Å². The summed E-state index contributed by atoms with van der Waals surface area (Å²) >= 11 is 0. The Morgan fingerprint density at radius 2 is 1.93 bits per heavy atom. The summed E-state index contributed by atoms with van der Waals surface area (Å²) in [7, 11) is -3.14. The van der Waals surface area contributed by atoms with Gasteiger partial charge in [-0.1, -0.05) is 43.2 Å². The van der Waals surface area contributed by atoms with Gasteiger partial charge < -0.3 is 10.1 Å². The molecule has 1 N–H and O–H groups in total. The van der Waals surface area contributed by atoms with E-state index in [0.29, 0.717) is 13.2 Å². The van der Waals surface area contributed by atoms with Gasteiger partial charge in [-0.05, 0) is 18.4 Å². The minimum atomic E-state index is -3.14. The third-order valence-corrected chi connectivity index (χ3v) is 7.68. The predicted octanol–water partition coefficient (Wildman–Crippen LogP) is 1.75. The van der Waals surface area contributed by atoms with Crippen molar-refractivity contribution in [3.8, 4) is 0 Å². The molecule has 1 amide bonds. The topological polar surface area (TPSA) is 75.7 Å². The molecule has 1 aliphatic heterocycles. The lowest BCUT2D eigenvalue weighted by Gasteiger charge is -2.33. The minimum absolute atomic E-state index is 0.0410. The molecule has 0 aromatic heterocycles. The van der Waals surface area contributed by atoms with E-state index in [1.807, 2.05) is 18.2 Å². The Kier molecular flexibility index (Phi) is 7.26. The molecule has 0 spiro atoms. The number of sulfone groups is 1. The summed E-state index contributed by atoms with van der Waals surface area (Å²) < 4.78 is 30.2. The number of hydrogen-bond donors (Lipinski definition) is 1. The lowest BCUT2D eigenvalue weighted by Crippen LogP contribution is -2.47. The molecule has 1 heterocycles. The molecule has 1 atom stereocenters. The van der Waals surface area contributed by atoms with Crippen molar-refractivity contribution in [1.29, 1.82) is 0 Å². The molecule has 1 aromatic carbocycles. The molecule has 2 aliphatic rings. The van der Waals surface area contributed by atoms with Gasteiger partial charge in [0.2, 0.25) is 5.91 Å². The number of nitrogens with zero attached hydrogens (tertiary/aromatic N) is 1. The lowest BCUT2D eigenvalue weighted by molar-refractivity contribution is -0.122. The summed E-state index contributed by atoms with van der Waals surface area (Å²) in [5.41, 5.74) is 1.26. The van der Waals surface area contributed by atoms with Gasteiger partial charge in [0.05, 0.1) is 23.7 Å². The maximum atomic E-state index is 12.2. The van der Waals surface area contributed by atoms with Crippen molar-refractivity contribution in [3.63, 3.8) is 0 Å². The zero-order chi connectivity index (χ0) is 19.1. The Morgan fingerprint density at radius 3 is 2.67 bits per heavy atom. The normalized spacial score (nSPS) is 22.0. The van der Waals surface area contributed by atoms with E-state index in [9.17, 15) is 13.2 Å². The first-order valence-electron chi connectivity index (χ1n) is 9.89. The average molecular weight is 395 g/mol. The zero-order valence-corrected chi connectivity index (χ0v) is 16.6. The van der Waals surface area contributed by atoms with Crippen molar-refractivity contribution >= 4 is 15.7 Å². The lowest BCUT2D eigenvalue weighted by atomic mass is 10.2. The quantitative estimate of drug-likeness (QED) is 0.727. The van der Waals surface area contributed by atoms with Crippen molar-refractivity contribution < 1.29 is 17.9 Å². The molecule has 27 heavy (non-hydrogen) atoms. The molecule has 1 saturated heterocycles. The van der Waals surface area contributed by atoms with Crippen LogP contribution in [0.25, 0.3) is 0 Å². The van der Waals surface area contributed by atoms with Gasteiger partial charge >= 0.3 is 0 Å². The monoisotopic (exact) mass is 394 g/mol. The molecular weight excluding hydrogens is 364 g/mol. The van der Waals surface area contributed by atoms with Crippen LogP contribution in [0, 0.1) is 0 Å². The number of amides is 1. The highest BCUT2D eigenvalue weighted by molar-refractivity contribution is 7.92. The molecule has 1 saturated carbocycles. The van der Waals surface area contributed by atoms with Crippen molar-refractivity contribution in [2.24, 2.45) is 0 Å². The van der Waals surface area contributed by atoms with E-state index < -0.39 is 9.84 Å². The Morgan fingerprint density at radius 1 is 1.19 bits per heavy atom. The number of hydrogen-bond acceptors (Lipinski definition) is 5. The summed E-state index contributed by atoms with van der Waals surface area (Å²) in [6.07, 6.45) is 3.44. The smallest absolute Gasteiger partial charge is 0.221 e. The number of benzene rings is 1. The van der Waals surface area contributed by atoms with Crippen LogP contribution in [0.2, 0.25) is 0 Å². The fourth-order valence-electron chi connectivity index (χ4n) is 3.85. The van der Waals surface area contributed by atoms with Gasteiger partial charge in [0.1, 0.15) is 0 Å². The second-order valence-corrected chi connectivity index (χ2v) is 9.94. The van der Waals surface area contributed by atoms with Gasteiger partial charge in [0.15, 0.2) is 9.84 Å². The summed E-state index contributed by atoms with van der Waals surface area (Å²) in [6.45, 7) is 3.57. The highest BCUT2D eigenvalue weighted by Crippen LogP contribution is 2.25. The molecule has 1 unspecified atom stereocenters. The summed E-state index contributed by atoms with van der Waals surface area (Å²) in [5, 5.41) is 2.61. The molecular formula is C20H30N2O4S. The van der Waals surface area contributed by atoms with Gasteiger partial charge in [0, 0.05) is 32.6 Å². The van der Waals surface area contributed by atoms with Crippen LogP contribution < -0.4 is 5.32 Å². The molecule has 1 aliphatic carbocycles. The molecule has 150 valence electrons. The van der Waals surface area contributed by atoms with Crippen LogP contribution in [0.3, 0.4) is 0 Å². The molecule has 6 nitrogen and oxygen atoms in total. The van der Waals surface area contributed by atoms with Crippen LogP contribution >= 0.6 is 0 Å². The average Bonchev–Trinajstić information content (AvgIpc) is 3.22. The number of ether oxygens (including phenoxy) is 1. The molecule has 7 heteroatoms. The minimum Gasteiger partial charge on any atom is -0.374 e. The van der Waals surface area contributed by atoms with Crippen LogP contribution in [0.1, 0.15) is 37.7 Å². The van der Waals surface area contributed by atoms with E-state index >= 15 is 0 Å². The number of carbonyl (C=O) groups is 1. The molecule has 1 aromatic rings. The summed E-state index contributed by atoms with van der Waals surface area (Å²) in [6, 6.07) is 10.3. The fraction of sp³-hybridized carbons (Fsp3) is 0.650. The fourth-order valence-corrected chi connectivity index (χ4v) is 5.71. The highest BCUT2D eigenvalue weighted by Gasteiger charge is 2.29. The van der Waals surface area contributed by atoms with Crippen LogP contribution in [0.15, 0.2) is 30.3 Å².